The molecular formula is C18H28N4. The molecule has 1 saturated carbocycles. The lowest BCUT2D eigenvalue weighted by atomic mass is 9.77. The van der Waals surface area contributed by atoms with E-state index < -0.39 is 0 Å². The molecule has 1 aromatic heterocycles. The molecule has 0 N–H and O–H groups in total. The molecule has 2 aliphatic heterocycles. The first-order chi connectivity index (χ1) is 10.8. The van der Waals surface area contributed by atoms with Gasteiger partial charge in [-0.15, -0.1) is 0 Å². The third-order valence-corrected chi connectivity index (χ3v) is 6.13. The van der Waals surface area contributed by atoms with Crippen molar-refractivity contribution in [2.24, 2.45) is 5.41 Å². The van der Waals surface area contributed by atoms with Crippen molar-refractivity contribution in [3.05, 3.63) is 12.4 Å². The molecule has 0 bridgehead atoms. The molecule has 1 spiro atoms. The van der Waals surface area contributed by atoms with Crippen LogP contribution in [-0.2, 0) is 0 Å². The molecule has 3 aliphatic rings. The van der Waals surface area contributed by atoms with E-state index in [1.807, 2.05) is 0 Å². The number of hydrogen-bond acceptors (Lipinski definition) is 4. The second kappa shape index (κ2) is 6.05. The predicted octanol–water partition coefficient (Wildman–Crippen LogP) is 3.63. The lowest BCUT2D eigenvalue weighted by Gasteiger charge is -2.40. The largest absolute Gasteiger partial charge is 0.356 e. The molecule has 4 rings (SSSR count). The zero-order valence-electron chi connectivity index (χ0n) is 13.6. The zero-order valence-corrected chi connectivity index (χ0v) is 13.6. The van der Waals surface area contributed by atoms with E-state index in [-0.39, 0.29) is 0 Å². The van der Waals surface area contributed by atoms with Gasteiger partial charge in [0.1, 0.15) is 18.0 Å². The number of rotatable bonds is 2. The van der Waals surface area contributed by atoms with Gasteiger partial charge in [0.05, 0.1) is 0 Å². The van der Waals surface area contributed by atoms with E-state index in [9.17, 15) is 0 Å². The number of anilines is 2. The molecule has 0 atom stereocenters. The Morgan fingerprint density at radius 1 is 0.682 bits per heavy atom. The highest BCUT2D eigenvalue weighted by atomic mass is 15.2. The fourth-order valence-corrected chi connectivity index (χ4v) is 4.64. The van der Waals surface area contributed by atoms with E-state index in [0.29, 0.717) is 5.41 Å². The Hall–Kier alpha value is -1.32. The average Bonchev–Trinajstić information content (AvgIpc) is 3.05. The Kier molecular flexibility index (Phi) is 3.93. The Morgan fingerprint density at radius 3 is 1.91 bits per heavy atom. The van der Waals surface area contributed by atoms with Gasteiger partial charge in [0.15, 0.2) is 0 Å². The predicted molar refractivity (Wildman–Crippen MR) is 90.4 cm³/mol. The smallest absolute Gasteiger partial charge is 0.134 e. The molecule has 0 amide bonds. The number of aromatic nitrogens is 2. The summed E-state index contributed by atoms with van der Waals surface area (Å²) in [5, 5.41) is 0. The van der Waals surface area contributed by atoms with Crippen LogP contribution < -0.4 is 9.80 Å². The zero-order chi connectivity index (χ0) is 14.8. The van der Waals surface area contributed by atoms with Crippen LogP contribution in [0.15, 0.2) is 12.4 Å². The Labute approximate surface area is 133 Å². The van der Waals surface area contributed by atoms with Gasteiger partial charge in [-0.05, 0) is 50.4 Å². The molecule has 1 aromatic rings. The van der Waals surface area contributed by atoms with Gasteiger partial charge in [-0.25, -0.2) is 9.97 Å². The first-order valence-electron chi connectivity index (χ1n) is 9.17. The molecule has 4 nitrogen and oxygen atoms in total. The second-order valence-corrected chi connectivity index (χ2v) is 7.48. The van der Waals surface area contributed by atoms with Gasteiger partial charge in [-0.3, -0.25) is 0 Å². The van der Waals surface area contributed by atoms with E-state index in [1.165, 1.54) is 70.9 Å². The SMILES string of the molecule is c1nc(N2CCCCC2)cc(N2CCC3(CCCC3)CC2)n1. The van der Waals surface area contributed by atoms with Crippen LogP contribution in [0.2, 0.25) is 0 Å². The number of hydrogen-bond donors (Lipinski definition) is 0. The maximum Gasteiger partial charge on any atom is 0.134 e. The van der Waals surface area contributed by atoms with Gasteiger partial charge in [0.25, 0.3) is 0 Å². The summed E-state index contributed by atoms with van der Waals surface area (Å²) in [6, 6.07) is 2.22. The monoisotopic (exact) mass is 300 g/mol. The topological polar surface area (TPSA) is 32.3 Å². The Balaban J connectivity index is 1.44. The van der Waals surface area contributed by atoms with Gasteiger partial charge >= 0.3 is 0 Å². The molecule has 3 heterocycles. The molecule has 4 heteroatoms. The van der Waals surface area contributed by atoms with Gasteiger partial charge in [-0.2, -0.15) is 0 Å². The lowest BCUT2D eigenvalue weighted by Crippen LogP contribution is -2.39. The van der Waals surface area contributed by atoms with E-state index in [1.54, 1.807) is 6.33 Å². The summed E-state index contributed by atoms with van der Waals surface area (Å²) < 4.78 is 0. The minimum atomic E-state index is 0.680. The van der Waals surface area contributed by atoms with E-state index in [4.69, 9.17) is 0 Å². The average molecular weight is 300 g/mol. The van der Waals surface area contributed by atoms with E-state index in [2.05, 4.69) is 25.8 Å². The molecular weight excluding hydrogens is 272 g/mol. The van der Waals surface area contributed by atoms with Gasteiger partial charge < -0.3 is 9.80 Å². The van der Waals surface area contributed by atoms with Crippen molar-refractivity contribution in [3.8, 4) is 0 Å². The van der Waals surface area contributed by atoms with Crippen LogP contribution in [0, 0.1) is 5.41 Å². The number of nitrogens with zero attached hydrogens (tertiary/aromatic N) is 4. The summed E-state index contributed by atoms with van der Waals surface area (Å²) in [5.41, 5.74) is 0.680. The van der Waals surface area contributed by atoms with Gasteiger partial charge in [-0.1, -0.05) is 12.8 Å². The van der Waals surface area contributed by atoms with Crippen molar-refractivity contribution in [3.63, 3.8) is 0 Å². The fourth-order valence-electron chi connectivity index (χ4n) is 4.64. The summed E-state index contributed by atoms with van der Waals surface area (Å²) in [4.78, 5) is 14.0. The van der Waals surface area contributed by atoms with Crippen molar-refractivity contribution in [2.75, 3.05) is 36.0 Å². The molecule has 22 heavy (non-hydrogen) atoms. The van der Waals surface area contributed by atoms with Crippen LogP contribution in [0.5, 0.6) is 0 Å². The van der Waals surface area contributed by atoms with Crippen LogP contribution in [-0.4, -0.2) is 36.1 Å². The molecule has 0 radical (unpaired) electrons. The first-order valence-corrected chi connectivity index (χ1v) is 9.17. The van der Waals surface area contributed by atoms with Crippen LogP contribution in [0.3, 0.4) is 0 Å². The first kappa shape index (κ1) is 14.3. The van der Waals surface area contributed by atoms with Crippen molar-refractivity contribution in [1.29, 1.82) is 0 Å². The Morgan fingerprint density at radius 2 is 1.27 bits per heavy atom. The van der Waals surface area contributed by atoms with Crippen molar-refractivity contribution in [2.45, 2.75) is 57.8 Å². The van der Waals surface area contributed by atoms with Crippen LogP contribution >= 0.6 is 0 Å². The standard InChI is InChI=1S/C18H28N4/c1-4-10-21(11-5-1)16-14-17(20-15-19-16)22-12-8-18(9-13-22)6-2-3-7-18/h14-15H,1-13H2. The third-order valence-electron chi connectivity index (χ3n) is 6.13. The molecule has 0 unspecified atom stereocenters. The maximum absolute atomic E-state index is 4.56. The van der Waals surface area contributed by atoms with E-state index in [0.717, 1.165) is 24.7 Å². The highest BCUT2D eigenvalue weighted by molar-refractivity contribution is 5.50. The summed E-state index contributed by atoms with van der Waals surface area (Å²) in [7, 11) is 0. The lowest BCUT2D eigenvalue weighted by molar-refractivity contribution is 0.226. The fraction of sp³-hybridized carbons (Fsp3) is 0.778. The van der Waals surface area contributed by atoms with Crippen molar-refractivity contribution < 1.29 is 0 Å². The summed E-state index contributed by atoms with van der Waals surface area (Å²) in [5.74, 6) is 2.27. The van der Waals surface area contributed by atoms with Crippen molar-refractivity contribution >= 4 is 11.6 Å². The normalized spacial score (nSPS) is 24.9. The molecule has 0 aromatic carbocycles. The molecule has 1 aliphatic carbocycles. The molecule has 2 saturated heterocycles. The third kappa shape index (κ3) is 2.80. The summed E-state index contributed by atoms with van der Waals surface area (Å²) >= 11 is 0. The highest BCUT2D eigenvalue weighted by Crippen LogP contribution is 2.46. The summed E-state index contributed by atoms with van der Waals surface area (Å²) in [6.07, 6.45) is 14.3. The van der Waals surface area contributed by atoms with Gasteiger partial charge in [0.2, 0.25) is 0 Å². The maximum atomic E-state index is 4.56. The minimum absolute atomic E-state index is 0.680. The molecule has 120 valence electrons. The molecule has 3 fully saturated rings. The highest BCUT2D eigenvalue weighted by Gasteiger charge is 2.37. The van der Waals surface area contributed by atoms with Crippen LogP contribution in [0.25, 0.3) is 0 Å². The Bertz CT molecular complexity index is 494. The van der Waals surface area contributed by atoms with Crippen molar-refractivity contribution in [1.82, 2.24) is 9.97 Å². The van der Waals surface area contributed by atoms with Crippen LogP contribution in [0.4, 0.5) is 11.6 Å². The minimum Gasteiger partial charge on any atom is -0.356 e. The van der Waals surface area contributed by atoms with Gasteiger partial charge in [0, 0.05) is 32.2 Å². The number of piperidine rings is 2. The van der Waals surface area contributed by atoms with E-state index >= 15 is 0 Å². The quantitative estimate of drug-likeness (QED) is 0.835. The van der Waals surface area contributed by atoms with Crippen LogP contribution in [0.1, 0.15) is 57.8 Å². The summed E-state index contributed by atoms with van der Waals surface area (Å²) in [6.45, 7) is 4.66. The second-order valence-electron chi connectivity index (χ2n) is 7.48.